The number of halogens is 1. The summed E-state index contributed by atoms with van der Waals surface area (Å²) in [5.41, 5.74) is 0.0534. The van der Waals surface area contributed by atoms with Crippen LogP contribution in [0.4, 0.5) is 21.5 Å². The molecule has 162 valence electrons. The first-order valence-electron chi connectivity index (χ1n) is 10.6. The van der Waals surface area contributed by atoms with Crippen molar-refractivity contribution in [2.75, 3.05) is 43.4 Å². The number of piperidine rings is 1. The molecule has 0 atom stereocenters. The fourth-order valence-corrected chi connectivity index (χ4v) is 3.80. The second kappa shape index (κ2) is 9.75. The third-order valence-corrected chi connectivity index (χ3v) is 5.69. The summed E-state index contributed by atoms with van der Waals surface area (Å²) in [5, 5.41) is 6.00. The van der Waals surface area contributed by atoms with Gasteiger partial charge in [-0.25, -0.2) is 4.39 Å². The summed E-state index contributed by atoms with van der Waals surface area (Å²) in [5.74, 6) is 1.10. The number of likely N-dealkylation sites (tertiary alicyclic amines) is 1. The number of benzene rings is 2. The van der Waals surface area contributed by atoms with Gasteiger partial charge in [0, 0.05) is 18.8 Å². The van der Waals surface area contributed by atoms with Crippen LogP contribution in [-0.4, -0.2) is 37.7 Å². The molecular weight excluding hydrogens is 397 g/mol. The van der Waals surface area contributed by atoms with Crippen LogP contribution in [0.15, 0.2) is 64.2 Å². The van der Waals surface area contributed by atoms with Crippen LogP contribution in [0, 0.1) is 11.7 Å². The normalized spacial score (nSPS) is 15.1. The molecule has 1 aliphatic heterocycles. The van der Waals surface area contributed by atoms with Crippen LogP contribution in [-0.2, 0) is 0 Å². The smallest absolute Gasteiger partial charge is 0.253 e. The summed E-state index contributed by atoms with van der Waals surface area (Å²) in [6.45, 7) is 4.07. The maximum Gasteiger partial charge on any atom is 0.253 e. The Morgan fingerprint density at radius 3 is 2.32 bits per heavy atom. The molecule has 1 fully saturated rings. The van der Waals surface area contributed by atoms with Crippen molar-refractivity contribution < 1.29 is 9.13 Å². The second-order valence-corrected chi connectivity index (χ2v) is 7.88. The van der Waals surface area contributed by atoms with Crippen LogP contribution in [0.3, 0.4) is 0 Å². The number of rotatable bonds is 9. The zero-order valence-electron chi connectivity index (χ0n) is 17.3. The molecule has 0 saturated carbocycles. The van der Waals surface area contributed by atoms with E-state index in [9.17, 15) is 14.0 Å². The number of hydrogen-bond donors (Lipinski definition) is 2. The standard InChI is InChI=1S/C24H26FN3O3/c25-18-6-8-19(9-7-18)27-22-21(23(29)24(22)30)26-12-15-28-13-10-17(11-14-28)16-31-20-4-2-1-3-5-20/h1-9,17,26-27H,10-16H2. The molecule has 1 heterocycles. The third kappa shape index (κ3) is 5.30. The van der Waals surface area contributed by atoms with Gasteiger partial charge in [0.25, 0.3) is 10.9 Å². The Hall–Kier alpha value is -3.19. The second-order valence-electron chi connectivity index (χ2n) is 7.88. The van der Waals surface area contributed by atoms with Gasteiger partial charge >= 0.3 is 0 Å². The van der Waals surface area contributed by atoms with E-state index >= 15 is 0 Å². The highest BCUT2D eigenvalue weighted by Gasteiger charge is 2.22. The van der Waals surface area contributed by atoms with E-state index in [4.69, 9.17) is 4.74 Å². The molecule has 3 aromatic rings. The minimum absolute atomic E-state index is 0.244. The Balaban J connectivity index is 1.20. The van der Waals surface area contributed by atoms with E-state index in [2.05, 4.69) is 15.5 Å². The molecule has 7 heteroatoms. The molecule has 4 rings (SSSR count). The Bertz CT molecular complexity index is 1050. The Kier molecular flexibility index (Phi) is 6.62. The molecule has 0 aliphatic carbocycles. The number of anilines is 3. The summed E-state index contributed by atoms with van der Waals surface area (Å²) in [6, 6.07) is 15.5. The molecule has 0 radical (unpaired) electrons. The number of hydrogen-bond acceptors (Lipinski definition) is 6. The first-order valence-corrected chi connectivity index (χ1v) is 10.6. The van der Waals surface area contributed by atoms with Crippen LogP contribution in [0.5, 0.6) is 5.75 Å². The van der Waals surface area contributed by atoms with Gasteiger partial charge in [0.2, 0.25) is 0 Å². The van der Waals surface area contributed by atoms with E-state index in [0.717, 1.165) is 44.8 Å². The van der Waals surface area contributed by atoms with E-state index in [1.807, 2.05) is 30.3 Å². The maximum atomic E-state index is 13.0. The predicted octanol–water partition coefficient (Wildman–Crippen LogP) is 3.37. The number of ether oxygens (including phenoxy) is 1. The molecule has 0 unspecified atom stereocenters. The topological polar surface area (TPSA) is 70.7 Å². The summed E-state index contributed by atoms with van der Waals surface area (Å²) >= 11 is 0. The van der Waals surface area contributed by atoms with Crippen molar-refractivity contribution in [1.82, 2.24) is 4.90 Å². The molecule has 0 amide bonds. The lowest BCUT2D eigenvalue weighted by Gasteiger charge is -2.32. The van der Waals surface area contributed by atoms with Crippen LogP contribution in [0.2, 0.25) is 0 Å². The highest BCUT2D eigenvalue weighted by atomic mass is 19.1. The zero-order chi connectivity index (χ0) is 21.6. The van der Waals surface area contributed by atoms with Gasteiger partial charge in [-0.05, 0) is 68.2 Å². The lowest BCUT2D eigenvalue weighted by molar-refractivity contribution is 0.144. The van der Waals surface area contributed by atoms with Crippen LogP contribution in [0.25, 0.3) is 0 Å². The van der Waals surface area contributed by atoms with Crippen molar-refractivity contribution in [3.63, 3.8) is 0 Å². The maximum absolute atomic E-state index is 13.0. The van der Waals surface area contributed by atoms with Crippen molar-refractivity contribution in [2.24, 2.45) is 5.92 Å². The Morgan fingerprint density at radius 2 is 1.61 bits per heavy atom. The lowest BCUT2D eigenvalue weighted by Crippen LogP contribution is -2.40. The van der Waals surface area contributed by atoms with E-state index in [0.29, 0.717) is 23.8 Å². The van der Waals surface area contributed by atoms with Crippen LogP contribution < -0.4 is 26.2 Å². The van der Waals surface area contributed by atoms with Gasteiger partial charge < -0.3 is 20.3 Å². The van der Waals surface area contributed by atoms with Crippen molar-refractivity contribution >= 4 is 17.1 Å². The Labute approximate surface area is 180 Å². The van der Waals surface area contributed by atoms with E-state index in [1.165, 1.54) is 24.3 Å². The Morgan fingerprint density at radius 1 is 0.935 bits per heavy atom. The monoisotopic (exact) mass is 423 g/mol. The first kappa shape index (κ1) is 21.1. The van der Waals surface area contributed by atoms with Gasteiger partial charge in [-0.15, -0.1) is 0 Å². The largest absolute Gasteiger partial charge is 0.493 e. The minimum atomic E-state index is -0.550. The lowest BCUT2D eigenvalue weighted by atomic mass is 9.98. The van der Waals surface area contributed by atoms with Gasteiger partial charge in [-0.2, -0.15) is 0 Å². The van der Waals surface area contributed by atoms with Gasteiger partial charge in [0.05, 0.1) is 6.61 Å². The predicted molar refractivity (Wildman–Crippen MR) is 121 cm³/mol. The molecule has 31 heavy (non-hydrogen) atoms. The third-order valence-electron chi connectivity index (χ3n) is 5.69. The van der Waals surface area contributed by atoms with Crippen LogP contribution >= 0.6 is 0 Å². The summed E-state index contributed by atoms with van der Waals surface area (Å²) < 4.78 is 18.9. The molecule has 0 bridgehead atoms. The van der Waals surface area contributed by atoms with Crippen molar-refractivity contribution in [1.29, 1.82) is 0 Å². The fourth-order valence-electron chi connectivity index (χ4n) is 3.80. The number of para-hydroxylation sites is 1. The quantitative estimate of drug-likeness (QED) is 0.515. The summed E-state index contributed by atoms with van der Waals surface area (Å²) in [4.78, 5) is 26.2. The van der Waals surface area contributed by atoms with Crippen molar-refractivity contribution in [3.8, 4) is 5.75 Å². The minimum Gasteiger partial charge on any atom is -0.493 e. The van der Waals surface area contributed by atoms with Gasteiger partial charge in [-0.1, -0.05) is 18.2 Å². The van der Waals surface area contributed by atoms with Gasteiger partial charge in [0.1, 0.15) is 22.9 Å². The van der Waals surface area contributed by atoms with Crippen LogP contribution in [0.1, 0.15) is 12.8 Å². The van der Waals surface area contributed by atoms with E-state index in [-0.39, 0.29) is 11.5 Å². The fraction of sp³-hybridized carbons (Fsp3) is 0.333. The zero-order valence-corrected chi connectivity index (χ0v) is 17.3. The molecule has 1 saturated heterocycles. The molecule has 0 spiro atoms. The van der Waals surface area contributed by atoms with E-state index < -0.39 is 10.9 Å². The average molecular weight is 423 g/mol. The van der Waals surface area contributed by atoms with Gasteiger partial charge in [-0.3, -0.25) is 9.59 Å². The SMILES string of the molecule is O=c1c(NCCN2CCC(COc3ccccc3)CC2)c(Nc2ccc(F)cc2)c1=O. The highest BCUT2D eigenvalue weighted by molar-refractivity contribution is 5.78. The summed E-state index contributed by atoms with van der Waals surface area (Å²) in [6.07, 6.45) is 2.15. The molecular formula is C24H26FN3O3. The molecule has 2 N–H and O–H groups in total. The molecule has 0 aromatic heterocycles. The summed E-state index contributed by atoms with van der Waals surface area (Å²) in [7, 11) is 0. The van der Waals surface area contributed by atoms with E-state index in [1.54, 1.807) is 0 Å². The number of nitrogens with one attached hydrogen (secondary N) is 2. The molecule has 1 aliphatic rings. The van der Waals surface area contributed by atoms with Crippen molar-refractivity contribution in [3.05, 3.63) is 80.9 Å². The van der Waals surface area contributed by atoms with Crippen molar-refractivity contribution in [2.45, 2.75) is 12.8 Å². The van der Waals surface area contributed by atoms with Gasteiger partial charge in [0.15, 0.2) is 0 Å². The number of nitrogens with zero attached hydrogens (tertiary/aromatic N) is 1. The highest BCUT2D eigenvalue weighted by Crippen LogP contribution is 2.22. The molecule has 3 aromatic carbocycles. The molecule has 6 nitrogen and oxygen atoms in total. The average Bonchev–Trinajstić information content (AvgIpc) is 2.81. The first-order chi connectivity index (χ1) is 15.1.